The molecule has 1 aliphatic rings. The third-order valence-corrected chi connectivity index (χ3v) is 4.69. The summed E-state index contributed by atoms with van der Waals surface area (Å²) in [5, 5.41) is 4.06. The molecule has 1 aromatic heterocycles. The first kappa shape index (κ1) is 16.5. The van der Waals surface area contributed by atoms with E-state index >= 15 is 0 Å². The number of aryl methyl sites for hydroxylation is 1. The highest BCUT2D eigenvalue weighted by molar-refractivity contribution is 6.30. The maximum atomic E-state index is 6.23. The maximum Gasteiger partial charge on any atom is 0.138 e. The Morgan fingerprint density at radius 3 is 2.52 bits per heavy atom. The van der Waals surface area contributed by atoms with Crippen molar-refractivity contribution in [2.75, 3.05) is 39.2 Å². The molecule has 0 atom stereocenters. The summed E-state index contributed by atoms with van der Waals surface area (Å²) in [6.07, 6.45) is 2.86. The monoisotopic (exact) mass is 312 g/mol. The number of likely N-dealkylation sites (N-methyl/N-ethyl adjacent to an activating group) is 1. The highest BCUT2D eigenvalue weighted by Gasteiger charge is 2.34. The van der Waals surface area contributed by atoms with Crippen molar-refractivity contribution in [1.82, 2.24) is 14.9 Å². The third-order valence-electron chi connectivity index (χ3n) is 4.38. The second kappa shape index (κ2) is 6.90. The second-order valence-electron chi connectivity index (χ2n) is 5.83. The molecule has 2 rings (SSSR count). The van der Waals surface area contributed by atoms with Gasteiger partial charge in [0.1, 0.15) is 16.8 Å². The lowest BCUT2D eigenvalue weighted by Crippen LogP contribution is -2.53. The SMILES string of the molecule is CCc1c(Cl)nc(C)nc1NCC1(N(C)C)CCOCC1. The summed E-state index contributed by atoms with van der Waals surface area (Å²) in [6.45, 7) is 6.39. The Morgan fingerprint density at radius 2 is 1.95 bits per heavy atom. The molecule has 0 aromatic carbocycles. The van der Waals surface area contributed by atoms with Crippen LogP contribution in [0.25, 0.3) is 0 Å². The van der Waals surface area contributed by atoms with Gasteiger partial charge in [0.15, 0.2) is 0 Å². The maximum absolute atomic E-state index is 6.23. The van der Waals surface area contributed by atoms with Crippen molar-refractivity contribution in [3.8, 4) is 0 Å². The summed E-state index contributed by atoms with van der Waals surface area (Å²) in [4.78, 5) is 11.1. The predicted octanol–water partition coefficient (Wildman–Crippen LogP) is 2.52. The Kier molecular flexibility index (Phi) is 5.41. The van der Waals surface area contributed by atoms with Crippen molar-refractivity contribution in [3.05, 3.63) is 16.5 Å². The first-order valence-electron chi connectivity index (χ1n) is 7.50. The fourth-order valence-electron chi connectivity index (χ4n) is 2.80. The normalized spacial score (nSPS) is 18.0. The first-order chi connectivity index (χ1) is 9.98. The first-order valence-corrected chi connectivity index (χ1v) is 7.88. The van der Waals surface area contributed by atoms with E-state index in [1.54, 1.807) is 0 Å². The zero-order valence-corrected chi connectivity index (χ0v) is 14.1. The number of ether oxygens (including phenoxy) is 1. The summed E-state index contributed by atoms with van der Waals surface area (Å²) >= 11 is 6.23. The molecule has 1 N–H and O–H groups in total. The quantitative estimate of drug-likeness (QED) is 0.847. The molecule has 1 aromatic rings. The van der Waals surface area contributed by atoms with Gasteiger partial charge in [-0.25, -0.2) is 9.97 Å². The van der Waals surface area contributed by atoms with Crippen molar-refractivity contribution in [2.24, 2.45) is 0 Å². The van der Waals surface area contributed by atoms with Gasteiger partial charge in [0.05, 0.1) is 0 Å². The molecular formula is C15H25ClN4O. The minimum absolute atomic E-state index is 0.106. The molecule has 5 nitrogen and oxygen atoms in total. The Hall–Kier alpha value is -0.910. The molecule has 2 heterocycles. The summed E-state index contributed by atoms with van der Waals surface area (Å²) in [5.74, 6) is 1.56. The van der Waals surface area contributed by atoms with Crippen LogP contribution >= 0.6 is 11.6 Å². The number of anilines is 1. The van der Waals surface area contributed by atoms with Gasteiger partial charge in [-0.2, -0.15) is 0 Å². The van der Waals surface area contributed by atoms with E-state index in [1.165, 1.54) is 0 Å². The largest absolute Gasteiger partial charge is 0.381 e. The molecule has 1 aliphatic heterocycles. The molecule has 1 fully saturated rings. The fourth-order valence-corrected chi connectivity index (χ4v) is 3.15. The average Bonchev–Trinajstić information content (AvgIpc) is 2.45. The van der Waals surface area contributed by atoms with E-state index in [0.717, 1.165) is 50.4 Å². The molecule has 0 bridgehead atoms. The lowest BCUT2D eigenvalue weighted by molar-refractivity contribution is -0.000673. The molecule has 0 radical (unpaired) electrons. The van der Waals surface area contributed by atoms with Gasteiger partial charge >= 0.3 is 0 Å². The molecule has 0 saturated carbocycles. The second-order valence-corrected chi connectivity index (χ2v) is 6.19. The topological polar surface area (TPSA) is 50.3 Å². The third kappa shape index (κ3) is 3.65. The van der Waals surface area contributed by atoms with Crippen LogP contribution in [0.3, 0.4) is 0 Å². The zero-order valence-electron chi connectivity index (χ0n) is 13.4. The van der Waals surface area contributed by atoms with Crippen LogP contribution in [0.15, 0.2) is 0 Å². The highest BCUT2D eigenvalue weighted by Crippen LogP contribution is 2.28. The lowest BCUT2D eigenvalue weighted by Gasteiger charge is -2.43. The molecule has 1 saturated heterocycles. The van der Waals surface area contributed by atoms with E-state index < -0.39 is 0 Å². The van der Waals surface area contributed by atoms with Crippen LogP contribution in [0.2, 0.25) is 5.15 Å². The number of hydrogen-bond donors (Lipinski definition) is 1. The van der Waals surface area contributed by atoms with E-state index in [1.807, 2.05) is 6.92 Å². The molecule has 0 unspecified atom stereocenters. The van der Waals surface area contributed by atoms with Crippen LogP contribution < -0.4 is 5.32 Å². The van der Waals surface area contributed by atoms with Crippen LogP contribution in [-0.2, 0) is 11.2 Å². The van der Waals surface area contributed by atoms with E-state index in [-0.39, 0.29) is 5.54 Å². The molecule has 0 amide bonds. The van der Waals surface area contributed by atoms with E-state index in [0.29, 0.717) is 11.0 Å². The summed E-state index contributed by atoms with van der Waals surface area (Å²) in [5.41, 5.74) is 1.09. The number of nitrogens with zero attached hydrogens (tertiary/aromatic N) is 3. The van der Waals surface area contributed by atoms with Gasteiger partial charge in [-0.3, -0.25) is 0 Å². The van der Waals surface area contributed by atoms with Crippen LogP contribution in [0.1, 0.15) is 31.2 Å². The number of hydrogen-bond acceptors (Lipinski definition) is 5. The average molecular weight is 313 g/mol. The van der Waals surface area contributed by atoms with Crippen molar-refractivity contribution in [1.29, 1.82) is 0 Å². The molecule has 118 valence electrons. The summed E-state index contributed by atoms with van der Waals surface area (Å²) < 4.78 is 5.51. The molecule has 21 heavy (non-hydrogen) atoms. The van der Waals surface area contributed by atoms with Crippen LogP contribution in [-0.4, -0.2) is 54.3 Å². The van der Waals surface area contributed by atoms with Crippen molar-refractivity contribution in [3.63, 3.8) is 0 Å². The summed E-state index contributed by atoms with van der Waals surface area (Å²) in [6, 6.07) is 0. The van der Waals surface area contributed by atoms with Gasteiger partial charge in [-0.15, -0.1) is 0 Å². The van der Waals surface area contributed by atoms with Gasteiger partial charge in [0.25, 0.3) is 0 Å². The Morgan fingerprint density at radius 1 is 1.29 bits per heavy atom. The molecule has 0 aliphatic carbocycles. The van der Waals surface area contributed by atoms with Crippen LogP contribution in [0.5, 0.6) is 0 Å². The van der Waals surface area contributed by atoms with E-state index in [9.17, 15) is 0 Å². The number of aromatic nitrogens is 2. The van der Waals surface area contributed by atoms with Crippen molar-refractivity contribution >= 4 is 17.4 Å². The van der Waals surface area contributed by atoms with E-state index in [4.69, 9.17) is 16.3 Å². The van der Waals surface area contributed by atoms with Gasteiger partial charge in [0, 0.05) is 30.9 Å². The van der Waals surface area contributed by atoms with Gasteiger partial charge < -0.3 is 15.0 Å². The number of rotatable bonds is 5. The van der Waals surface area contributed by atoms with Crippen LogP contribution in [0.4, 0.5) is 5.82 Å². The predicted molar refractivity (Wildman–Crippen MR) is 86.1 cm³/mol. The zero-order chi connectivity index (χ0) is 15.5. The van der Waals surface area contributed by atoms with Crippen molar-refractivity contribution < 1.29 is 4.74 Å². The Balaban J connectivity index is 2.18. The molecule has 0 spiro atoms. The van der Waals surface area contributed by atoms with Crippen molar-refractivity contribution in [2.45, 2.75) is 38.6 Å². The number of halogens is 1. The smallest absolute Gasteiger partial charge is 0.138 e. The highest BCUT2D eigenvalue weighted by atomic mass is 35.5. The van der Waals surface area contributed by atoms with Gasteiger partial charge in [-0.1, -0.05) is 18.5 Å². The van der Waals surface area contributed by atoms with Gasteiger partial charge in [0.2, 0.25) is 0 Å². The molecule has 6 heteroatoms. The Labute approximate surface area is 132 Å². The standard InChI is InChI=1S/C15H25ClN4O/c1-5-12-13(16)18-11(2)19-14(12)17-10-15(20(3)4)6-8-21-9-7-15/h5-10H2,1-4H3,(H,17,18,19). The lowest BCUT2D eigenvalue weighted by atomic mass is 9.88. The van der Waals surface area contributed by atoms with Crippen LogP contribution in [0, 0.1) is 6.92 Å². The van der Waals surface area contributed by atoms with Gasteiger partial charge in [-0.05, 0) is 40.3 Å². The minimum Gasteiger partial charge on any atom is -0.381 e. The minimum atomic E-state index is 0.106. The fraction of sp³-hybridized carbons (Fsp3) is 0.733. The Bertz CT molecular complexity index is 487. The number of nitrogens with one attached hydrogen (secondary N) is 1. The van der Waals surface area contributed by atoms with E-state index in [2.05, 4.69) is 41.2 Å². The summed E-state index contributed by atoms with van der Waals surface area (Å²) in [7, 11) is 4.26. The molecular weight excluding hydrogens is 288 g/mol.